The van der Waals surface area contributed by atoms with E-state index in [1.807, 2.05) is 0 Å². The second-order valence-electron chi connectivity index (χ2n) is 5.56. The Morgan fingerprint density at radius 1 is 1.18 bits per heavy atom. The Kier molecular flexibility index (Phi) is 6.25. The van der Waals surface area contributed by atoms with Crippen molar-refractivity contribution in [2.75, 3.05) is 13.7 Å². The molecule has 0 aliphatic heterocycles. The molecule has 1 saturated carbocycles. The summed E-state index contributed by atoms with van der Waals surface area (Å²) < 4.78 is 10.1. The van der Waals surface area contributed by atoms with Crippen LogP contribution in [0.4, 0.5) is 0 Å². The highest BCUT2D eigenvalue weighted by molar-refractivity contribution is 5.91. The molecule has 5 heteroatoms. The van der Waals surface area contributed by atoms with Gasteiger partial charge in [-0.15, -0.1) is 0 Å². The molecule has 1 N–H and O–H groups in total. The van der Waals surface area contributed by atoms with Crippen molar-refractivity contribution in [3.05, 3.63) is 29.8 Å². The van der Waals surface area contributed by atoms with E-state index in [1.165, 1.54) is 20.0 Å². The maximum absolute atomic E-state index is 11.9. The quantitative estimate of drug-likeness (QED) is 0.671. The summed E-state index contributed by atoms with van der Waals surface area (Å²) in [6.45, 7) is -0.244. The van der Waals surface area contributed by atoms with Gasteiger partial charge < -0.3 is 14.8 Å². The highest BCUT2D eigenvalue weighted by atomic mass is 16.5. The van der Waals surface area contributed by atoms with Crippen LogP contribution in [0.2, 0.25) is 0 Å². The Bertz CT molecular complexity index is 507. The molecule has 0 atom stereocenters. The number of carbonyl (C=O) groups is 2. The Labute approximate surface area is 131 Å². The van der Waals surface area contributed by atoms with Crippen molar-refractivity contribution in [1.29, 1.82) is 0 Å². The average Bonchev–Trinajstić information content (AvgIpc) is 2.81. The lowest BCUT2D eigenvalue weighted by Crippen LogP contribution is -2.37. The van der Waals surface area contributed by atoms with Crippen LogP contribution in [0.15, 0.2) is 24.3 Å². The molecule has 0 unspecified atom stereocenters. The molecule has 1 amide bonds. The Morgan fingerprint density at radius 2 is 1.91 bits per heavy atom. The molecular formula is C17H23NO4. The summed E-state index contributed by atoms with van der Waals surface area (Å²) in [5.41, 5.74) is 0.376. The maximum atomic E-state index is 11.9. The number of esters is 1. The summed E-state index contributed by atoms with van der Waals surface area (Å²) in [7, 11) is 1.53. The molecule has 2 rings (SSSR count). The molecule has 1 aromatic carbocycles. The second kappa shape index (κ2) is 8.41. The lowest BCUT2D eigenvalue weighted by Gasteiger charge is -2.16. The second-order valence-corrected chi connectivity index (χ2v) is 5.56. The molecule has 22 heavy (non-hydrogen) atoms. The lowest BCUT2D eigenvalue weighted by atomic mass is 10.1. The summed E-state index contributed by atoms with van der Waals surface area (Å²) in [6, 6.07) is 6.89. The number of ether oxygens (including phenoxy) is 2. The largest absolute Gasteiger partial charge is 0.497 e. The first-order valence-corrected chi connectivity index (χ1v) is 7.79. The number of rotatable bonds is 5. The molecule has 1 aliphatic carbocycles. The zero-order chi connectivity index (χ0) is 15.8. The van der Waals surface area contributed by atoms with Gasteiger partial charge in [-0.1, -0.05) is 31.7 Å². The molecule has 1 fully saturated rings. The van der Waals surface area contributed by atoms with E-state index in [2.05, 4.69) is 5.32 Å². The van der Waals surface area contributed by atoms with Crippen LogP contribution in [0.25, 0.3) is 0 Å². The van der Waals surface area contributed by atoms with Gasteiger partial charge in [-0.05, 0) is 31.0 Å². The smallest absolute Gasteiger partial charge is 0.338 e. The number of benzene rings is 1. The third-order valence-corrected chi connectivity index (χ3v) is 3.86. The van der Waals surface area contributed by atoms with Gasteiger partial charge in [-0.25, -0.2) is 4.79 Å². The predicted molar refractivity (Wildman–Crippen MR) is 82.9 cm³/mol. The third kappa shape index (κ3) is 5.06. The zero-order valence-electron chi connectivity index (χ0n) is 13.0. The van der Waals surface area contributed by atoms with Crippen LogP contribution in [-0.4, -0.2) is 31.6 Å². The Hall–Kier alpha value is -2.04. The highest BCUT2D eigenvalue weighted by Gasteiger charge is 2.16. The van der Waals surface area contributed by atoms with E-state index in [4.69, 9.17) is 9.47 Å². The molecule has 0 bridgehead atoms. The number of nitrogens with one attached hydrogen (secondary N) is 1. The molecule has 0 heterocycles. The van der Waals surface area contributed by atoms with Gasteiger partial charge in [0, 0.05) is 6.04 Å². The van der Waals surface area contributed by atoms with E-state index >= 15 is 0 Å². The van der Waals surface area contributed by atoms with Gasteiger partial charge in [-0.2, -0.15) is 0 Å². The zero-order valence-corrected chi connectivity index (χ0v) is 13.0. The minimum absolute atomic E-state index is 0.213. The normalized spacial score (nSPS) is 15.7. The molecule has 0 spiro atoms. The first-order valence-electron chi connectivity index (χ1n) is 7.79. The Morgan fingerprint density at radius 3 is 2.59 bits per heavy atom. The Balaban J connectivity index is 1.78. The third-order valence-electron chi connectivity index (χ3n) is 3.86. The van der Waals surface area contributed by atoms with Crippen molar-refractivity contribution in [3.8, 4) is 5.75 Å². The predicted octanol–water partition coefficient (Wildman–Crippen LogP) is 2.69. The fourth-order valence-electron chi connectivity index (χ4n) is 2.66. The van der Waals surface area contributed by atoms with Crippen LogP contribution in [0.3, 0.4) is 0 Å². The van der Waals surface area contributed by atoms with Crippen LogP contribution in [-0.2, 0) is 9.53 Å². The molecule has 0 radical (unpaired) electrons. The summed E-state index contributed by atoms with van der Waals surface area (Å²) in [5.74, 6) is -0.171. The van der Waals surface area contributed by atoms with Crippen molar-refractivity contribution in [2.24, 2.45) is 0 Å². The van der Waals surface area contributed by atoms with E-state index < -0.39 is 5.97 Å². The minimum Gasteiger partial charge on any atom is -0.497 e. The van der Waals surface area contributed by atoms with Crippen LogP contribution in [0.5, 0.6) is 5.75 Å². The average molecular weight is 305 g/mol. The SMILES string of the molecule is COc1cccc(C(=O)OCC(=O)NC2CCCCCC2)c1. The number of amides is 1. The van der Waals surface area contributed by atoms with Crippen LogP contribution in [0.1, 0.15) is 48.9 Å². The van der Waals surface area contributed by atoms with Gasteiger partial charge in [0.15, 0.2) is 6.61 Å². The van der Waals surface area contributed by atoms with Crippen molar-refractivity contribution in [1.82, 2.24) is 5.32 Å². The van der Waals surface area contributed by atoms with Gasteiger partial charge >= 0.3 is 5.97 Å². The van der Waals surface area contributed by atoms with E-state index in [9.17, 15) is 9.59 Å². The molecule has 1 aliphatic rings. The van der Waals surface area contributed by atoms with Gasteiger partial charge in [0.1, 0.15) is 5.75 Å². The van der Waals surface area contributed by atoms with E-state index in [1.54, 1.807) is 24.3 Å². The van der Waals surface area contributed by atoms with Crippen molar-refractivity contribution >= 4 is 11.9 Å². The highest BCUT2D eigenvalue weighted by Crippen LogP contribution is 2.17. The fraction of sp³-hybridized carbons (Fsp3) is 0.529. The topological polar surface area (TPSA) is 64.6 Å². The first kappa shape index (κ1) is 16.3. The van der Waals surface area contributed by atoms with Crippen LogP contribution in [0, 0.1) is 0 Å². The molecule has 5 nitrogen and oxygen atoms in total. The monoisotopic (exact) mass is 305 g/mol. The van der Waals surface area contributed by atoms with E-state index in [0.717, 1.165) is 25.7 Å². The number of methoxy groups -OCH3 is 1. The molecule has 0 saturated heterocycles. The molecule has 0 aromatic heterocycles. The fourth-order valence-corrected chi connectivity index (χ4v) is 2.66. The maximum Gasteiger partial charge on any atom is 0.338 e. The number of hydrogen-bond donors (Lipinski definition) is 1. The standard InChI is InChI=1S/C17H23NO4/c1-21-15-10-6-7-13(11-15)17(20)22-12-16(19)18-14-8-4-2-3-5-9-14/h6-7,10-11,14H,2-5,8-9,12H2,1H3,(H,18,19). The summed E-state index contributed by atoms with van der Waals surface area (Å²) >= 11 is 0. The van der Waals surface area contributed by atoms with Crippen molar-refractivity contribution in [3.63, 3.8) is 0 Å². The number of hydrogen-bond acceptors (Lipinski definition) is 4. The number of carbonyl (C=O) groups excluding carboxylic acids is 2. The molecular weight excluding hydrogens is 282 g/mol. The summed E-state index contributed by atoms with van der Waals surface area (Å²) in [4.78, 5) is 23.8. The van der Waals surface area contributed by atoms with Gasteiger partial charge in [0.05, 0.1) is 12.7 Å². The minimum atomic E-state index is -0.519. The lowest BCUT2D eigenvalue weighted by molar-refractivity contribution is -0.125. The summed E-state index contributed by atoms with van der Waals surface area (Å²) in [5, 5.41) is 2.95. The van der Waals surface area contributed by atoms with Gasteiger partial charge in [0.2, 0.25) is 0 Å². The first-order chi connectivity index (χ1) is 10.7. The van der Waals surface area contributed by atoms with Crippen LogP contribution >= 0.6 is 0 Å². The van der Waals surface area contributed by atoms with E-state index in [0.29, 0.717) is 11.3 Å². The van der Waals surface area contributed by atoms with Crippen LogP contribution < -0.4 is 10.1 Å². The summed E-state index contributed by atoms with van der Waals surface area (Å²) in [6.07, 6.45) is 6.78. The van der Waals surface area contributed by atoms with Crippen molar-refractivity contribution < 1.29 is 19.1 Å². The van der Waals surface area contributed by atoms with E-state index in [-0.39, 0.29) is 18.6 Å². The van der Waals surface area contributed by atoms with Crippen molar-refractivity contribution in [2.45, 2.75) is 44.6 Å². The molecule has 1 aromatic rings. The van der Waals surface area contributed by atoms with Gasteiger partial charge in [0.25, 0.3) is 5.91 Å². The van der Waals surface area contributed by atoms with Gasteiger partial charge in [-0.3, -0.25) is 4.79 Å². The molecule has 120 valence electrons.